The molecule has 2 N–H and O–H groups in total. The molecule has 0 spiro atoms. The van der Waals surface area contributed by atoms with Crippen LogP contribution in [0.2, 0.25) is 0 Å². The Kier molecular flexibility index (Phi) is 4.68. The average Bonchev–Trinajstić information content (AvgIpc) is 2.37. The summed E-state index contributed by atoms with van der Waals surface area (Å²) in [7, 11) is -3.83. The van der Waals surface area contributed by atoms with Crippen LogP contribution in [0.1, 0.15) is 48.5 Å². The summed E-state index contributed by atoms with van der Waals surface area (Å²) in [6.45, 7) is 3.86. The van der Waals surface area contributed by atoms with E-state index in [-0.39, 0.29) is 16.6 Å². The van der Waals surface area contributed by atoms with Crippen molar-refractivity contribution in [2.24, 2.45) is 11.1 Å². The number of aryl methyl sites for hydroxylation is 1. The van der Waals surface area contributed by atoms with Crippen molar-refractivity contribution < 1.29 is 17.9 Å². The quantitative estimate of drug-likeness (QED) is 0.868. The first-order valence-electron chi connectivity index (χ1n) is 7.11. The monoisotopic (exact) mass is 311 g/mol. The second kappa shape index (κ2) is 6.15. The number of rotatable bonds is 3. The van der Waals surface area contributed by atoms with Gasteiger partial charge in [0.25, 0.3) is 0 Å². The number of sulfonamides is 1. The van der Waals surface area contributed by atoms with Gasteiger partial charge in [-0.25, -0.2) is 18.4 Å². The zero-order chi connectivity index (χ0) is 15.6. The van der Waals surface area contributed by atoms with Gasteiger partial charge in [-0.3, -0.25) is 0 Å². The summed E-state index contributed by atoms with van der Waals surface area (Å²) in [6.07, 6.45) is 3.85. The Hall–Kier alpha value is -1.40. The van der Waals surface area contributed by atoms with E-state index in [1.807, 2.05) is 0 Å². The molecular weight excluding hydrogens is 290 g/mol. The highest BCUT2D eigenvalue weighted by atomic mass is 32.2. The van der Waals surface area contributed by atoms with Crippen LogP contribution in [-0.4, -0.2) is 20.5 Å². The fourth-order valence-corrected chi connectivity index (χ4v) is 3.38. The molecule has 6 heteroatoms. The first-order chi connectivity index (χ1) is 9.75. The maximum Gasteiger partial charge on any atom is 0.338 e. The number of primary sulfonamides is 1. The maximum atomic E-state index is 12.2. The third-order valence-corrected chi connectivity index (χ3v) is 4.67. The van der Waals surface area contributed by atoms with Crippen molar-refractivity contribution in [1.82, 2.24) is 0 Å². The van der Waals surface area contributed by atoms with Crippen molar-refractivity contribution in [3.05, 3.63) is 29.3 Å². The van der Waals surface area contributed by atoms with Crippen molar-refractivity contribution in [2.45, 2.75) is 50.5 Å². The van der Waals surface area contributed by atoms with Gasteiger partial charge in [-0.05, 0) is 55.9 Å². The standard InChI is InChI=1S/C15H21NO4S/c1-10-4-3-5-13(7-10)20-15(17)12-6-11(2)8-14(9-12)21(16,18)19/h6,8-10,13H,3-5,7H2,1-2H3,(H2,16,18,19). The van der Waals surface area contributed by atoms with Crippen molar-refractivity contribution in [2.75, 3.05) is 0 Å². The Morgan fingerprint density at radius 1 is 1.29 bits per heavy atom. The molecule has 2 rings (SSSR count). The molecule has 1 aliphatic rings. The fraction of sp³-hybridized carbons (Fsp3) is 0.533. The second-order valence-corrected chi connectivity index (χ2v) is 7.44. The number of ether oxygens (including phenoxy) is 1. The zero-order valence-corrected chi connectivity index (χ0v) is 13.2. The van der Waals surface area contributed by atoms with E-state index in [1.54, 1.807) is 13.0 Å². The summed E-state index contributed by atoms with van der Waals surface area (Å²) in [5.74, 6) is 0.0664. The lowest BCUT2D eigenvalue weighted by atomic mass is 9.89. The minimum absolute atomic E-state index is 0.0635. The number of nitrogens with two attached hydrogens (primary N) is 1. The molecule has 1 aliphatic carbocycles. The highest BCUT2D eigenvalue weighted by Gasteiger charge is 2.23. The number of hydrogen-bond donors (Lipinski definition) is 1. The van der Waals surface area contributed by atoms with E-state index in [2.05, 4.69) is 6.92 Å². The lowest BCUT2D eigenvalue weighted by Crippen LogP contribution is -2.24. The topological polar surface area (TPSA) is 86.5 Å². The van der Waals surface area contributed by atoms with E-state index >= 15 is 0 Å². The van der Waals surface area contributed by atoms with Crippen molar-refractivity contribution in [3.63, 3.8) is 0 Å². The minimum Gasteiger partial charge on any atom is -0.459 e. The van der Waals surface area contributed by atoms with Gasteiger partial charge in [-0.1, -0.05) is 13.3 Å². The predicted molar refractivity (Wildman–Crippen MR) is 79.4 cm³/mol. The Morgan fingerprint density at radius 2 is 2.00 bits per heavy atom. The van der Waals surface area contributed by atoms with Crippen LogP contribution < -0.4 is 5.14 Å². The van der Waals surface area contributed by atoms with Crippen molar-refractivity contribution in [3.8, 4) is 0 Å². The average molecular weight is 311 g/mol. The molecule has 5 nitrogen and oxygen atoms in total. The molecule has 116 valence electrons. The Morgan fingerprint density at radius 3 is 2.62 bits per heavy atom. The number of esters is 1. The van der Waals surface area contributed by atoms with Crippen LogP contribution in [0, 0.1) is 12.8 Å². The summed E-state index contributed by atoms with van der Waals surface area (Å²) in [6, 6.07) is 4.33. The lowest BCUT2D eigenvalue weighted by molar-refractivity contribution is 0.0155. The van der Waals surface area contributed by atoms with Gasteiger partial charge in [-0.2, -0.15) is 0 Å². The van der Waals surface area contributed by atoms with Gasteiger partial charge < -0.3 is 4.74 Å². The highest BCUT2D eigenvalue weighted by Crippen LogP contribution is 2.26. The summed E-state index contributed by atoms with van der Waals surface area (Å²) in [4.78, 5) is 12.1. The third kappa shape index (κ3) is 4.28. The molecule has 0 amide bonds. The summed E-state index contributed by atoms with van der Waals surface area (Å²) in [5, 5.41) is 5.12. The molecule has 0 saturated heterocycles. The molecule has 0 heterocycles. The highest BCUT2D eigenvalue weighted by molar-refractivity contribution is 7.89. The largest absolute Gasteiger partial charge is 0.459 e. The van der Waals surface area contributed by atoms with Gasteiger partial charge in [0.2, 0.25) is 10.0 Å². The first kappa shape index (κ1) is 16.0. The Bertz CT molecular complexity index is 639. The molecule has 0 aromatic heterocycles. The third-order valence-electron chi connectivity index (χ3n) is 3.78. The van der Waals surface area contributed by atoms with E-state index < -0.39 is 16.0 Å². The van der Waals surface area contributed by atoms with E-state index in [4.69, 9.17) is 9.88 Å². The summed E-state index contributed by atoms with van der Waals surface area (Å²) in [5.41, 5.74) is 0.891. The van der Waals surface area contributed by atoms with Crippen LogP contribution in [0.25, 0.3) is 0 Å². The molecule has 1 aromatic rings. The van der Waals surface area contributed by atoms with E-state index in [9.17, 15) is 13.2 Å². The van der Waals surface area contributed by atoms with Crippen LogP contribution in [0.5, 0.6) is 0 Å². The van der Waals surface area contributed by atoms with Crippen LogP contribution >= 0.6 is 0 Å². The van der Waals surface area contributed by atoms with E-state index in [1.165, 1.54) is 12.1 Å². The normalized spacial score (nSPS) is 22.8. The van der Waals surface area contributed by atoms with Gasteiger partial charge >= 0.3 is 5.97 Å². The van der Waals surface area contributed by atoms with Gasteiger partial charge in [-0.15, -0.1) is 0 Å². The second-order valence-electron chi connectivity index (χ2n) is 5.88. The van der Waals surface area contributed by atoms with E-state index in [0.717, 1.165) is 25.7 Å². The molecule has 0 bridgehead atoms. The molecule has 1 aromatic carbocycles. The number of hydrogen-bond acceptors (Lipinski definition) is 4. The fourth-order valence-electron chi connectivity index (χ4n) is 2.73. The first-order valence-corrected chi connectivity index (χ1v) is 8.66. The molecule has 0 radical (unpaired) electrons. The lowest BCUT2D eigenvalue weighted by Gasteiger charge is -2.26. The van der Waals surface area contributed by atoms with Crippen LogP contribution in [0.4, 0.5) is 0 Å². The molecule has 2 unspecified atom stereocenters. The molecule has 1 fully saturated rings. The minimum atomic E-state index is -3.83. The Labute approximate surface area is 125 Å². The number of benzene rings is 1. The van der Waals surface area contributed by atoms with E-state index in [0.29, 0.717) is 11.5 Å². The Balaban J connectivity index is 2.17. The van der Waals surface area contributed by atoms with Crippen molar-refractivity contribution in [1.29, 1.82) is 0 Å². The van der Waals surface area contributed by atoms with Crippen molar-refractivity contribution >= 4 is 16.0 Å². The summed E-state index contributed by atoms with van der Waals surface area (Å²) >= 11 is 0. The zero-order valence-electron chi connectivity index (χ0n) is 12.3. The molecule has 1 saturated carbocycles. The van der Waals surface area contributed by atoms with Crippen LogP contribution in [0.3, 0.4) is 0 Å². The van der Waals surface area contributed by atoms with Gasteiger partial charge in [0.05, 0.1) is 10.5 Å². The smallest absolute Gasteiger partial charge is 0.338 e. The summed E-state index contributed by atoms with van der Waals surface area (Å²) < 4.78 is 28.3. The number of carbonyl (C=O) groups excluding carboxylic acids is 1. The maximum absolute atomic E-state index is 12.2. The molecule has 0 aliphatic heterocycles. The molecule has 21 heavy (non-hydrogen) atoms. The predicted octanol–water partition coefficient (Wildman–Crippen LogP) is 2.38. The van der Waals surface area contributed by atoms with Gasteiger partial charge in [0.1, 0.15) is 6.10 Å². The van der Waals surface area contributed by atoms with Crippen LogP contribution in [-0.2, 0) is 14.8 Å². The van der Waals surface area contributed by atoms with Gasteiger partial charge in [0.15, 0.2) is 0 Å². The SMILES string of the molecule is Cc1cc(C(=O)OC2CCCC(C)C2)cc(S(N)(=O)=O)c1. The number of carbonyl (C=O) groups is 1. The van der Waals surface area contributed by atoms with Crippen LogP contribution in [0.15, 0.2) is 23.1 Å². The molecule has 2 atom stereocenters. The van der Waals surface area contributed by atoms with Gasteiger partial charge in [0, 0.05) is 0 Å². The molecular formula is C15H21NO4S.